The summed E-state index contributed by atoms with van der Waals surface area (Å²) in [6, 6.07) is 5.74. The molecular formula is C12H10Cl2N4O3. The molecule has 0 fully saturated rings. The van der Waals surface area contributed by atoms with E-state index in [1.807, 2.05) is 0 Å². The Balaban J connectivity index is 2.87. The van der Waals surface area contributed by atoms with Gasteiger partial charge in [-0.25, -0.2) is 0 Å². The molecule has 0 atom stereocenters. The summed E-state index contributed by atoms with van der Waals surface area (Å²) in [5.41, 5.74) is -0.137. The lowest BCUT2D eigenvalue weighted by molar-refractivity contribution is -0.384. The first-order valence-electron chi connectivity index (χ1n) is 5.64. The molecule has 0 spiro atoms. The van der Waals surface area contributed by atoms with Gasteiger partial charge < -0.3 is 10.6 Å². The molecule has 0 unspecified atom stereocenters. The van der Waals surface area contributed by atoms with E-state index in [9.17, 15) is 14.9 Å². The Morgan fingerprint density at radius 2 is 2.24 bits per heavy atom. The highest BCUT2D eigenvalue weighted by atomic mass is 35.5. The van der Waals surface area contributed by atoms with Crippen LogP contribution in [0.5, 0.6) is 0 Å². The van der Waals surface area contributed by atoms with E-state index >= 15 is 0 Å². The number of anilines is 1. The number of nitrogens with zero attached hydrogens (tertiary/aromatic N) is 2. The van der Waals surface area contributed by atoms with Crippen molar-refractivity contribution in [3.63, 3.8) is 0 Å². The number of nitro groups is 1. The van der Waals surface area contributed by atoms with Crippen molar-refractivity contribution in [3.05, 3.63) is 45.1 Å². The molecule has 1 aromatic carbocycles. The van der Waals surface area contributed by atoms with E-state index in [0.29, 0.717) is 5.69 Å². The van der Waals surface area contributed by atoms with Gasteiger partial charge in [-0.3, -0.25) is 14.9 Å². The van der Waals surface area contributed by atoms with Crippen LogP contribution in [-0.4, -0.2) is 23.3 Å². The van der Waals surface area contributed by atoms with E-state index < -0.39 is 10.8 Å². The van der Waals surface area contributed by atoms with Crippen LogP contribution in [0.15, 0.2) is 30.0 Å². The number of carbonyl (C=O) groups is 1. The summed E-state index contributed by atoms with van der Waals surface area (Å²) in [6.45, 7) is 0.228. The zero-order valence-electron chi connectivity index (χ0n) is 10.6. The van der Waals surface area contributed by atoms with Gasteiger partial charge in [0.25, 0.3) is 11.6 Å². The summed E-state index contributed by atoms with van der Waals surface area (Å²) in [6.07, 6.45) is 1.15. The standard InChI is InChI=1S/C12H10Cl2N4O3/c13-3-4-16-12(19)8(6-15)7-17-9-1-2-10(14)11(5-9)18(20)21/h1-2,5,7,17H,3-4H2,(H,16,19)/b8-7-. The van der Waals surface area contributed by atoms with Gasteiger partial charge in [-0.1, -0.05) is 11.6 Å². The van der Waals surface area contributed by atoms with Crippen molar-refractivity contribution < 1.29 is 9.72 Å². The molecule has 110 valence electrons. The van der Waals surface area contributed by atoms with E-state index in [0.717, 1.165) is 6.20 Å². The molecule has 1 amide bonds. The lowest BCUT2D eigenvalue weighted by atomic mass is 10.2. The van der Waals surface area contributed by atoms with Crippen molar-refractivity contribution in [1.29, 1.82) is 5.26 Å². The number of nitriles is 1. The van der Waals surface area contributed by atoms with E-state index in [2.05, 4.69) is 10.6 Å². The summed E-state index contributed by atoms with van der Waals surface area (Å²) in [5, 5.41) is 24.7. The molecule has 0 aliphatic rings. The fourth-order valence-electron chi connectivity index (χ4n) is 1.30. The number of nitro benzene ring substituents is 1. The highest BCUT2D eigenvalue weighted by Gasteiger charge is 2.13. The molecule has 0 bridgehead atoms. The minimum absolute atomic E-state index is 0.00473. The number of alkyl halides is 1. The van der Waals surface area contributed by atoms with Gasteiger partial charge in [-0.15, -0.1) is 11.6 Å². The smallest absolute Gasteiger partial charge is 0.289 e. The van der Waals surface area contributed by atoms with Crippen molar-refractivity contribution in [2.45, 2.75) is 0 Å². The Morgan fingerprint density at radius 1 is 1.52 bits per heavy atom. The molecule has 0 saturated heterocycles. The minimum Gasteiger partial charge on any atom is -0.360 e. The van der Waals surface area contributed by atoms with Gasteiger partial charge in [0.05, 0.1) is 4.92 Å². The summed E-state index contributed by atoms with van der Waals surface area (Å²) in [7, 11) is 0. The summed E-state index contributed by atoms with van der Waals surface area (Å²) in [4.78, 5) is 21.7. The van der Waals surface area contributed by atoms with Crippen LogP contribution < -0.4 is 10.6 Å². The molecule has 2 N–H and O–H groups in total. The Bertz CT molecular complexity index is 625. The van der Waals surface area contributed by atoms with Crippen molar-refractivity contribution >= 4 is 40.5 Å². The molecule has 9 heteroatoms. The number of benzene rings is 1. The number of hydrogen-bond donors (Lipinski definition) is 2. The van der Waals surface area contributed by atoms with Gasteiger partial charge >= 0.3 is 0 Å². The molecule has 7 nitrogen and oxygen atoms in total. The van der Waals surface area contributed by atoms with Crippen LogP contribution in [0.3, 0.4) is 0 Å². The second-order valence-electron chi connectivity index (χ2n) is 3.68. The van der Waals surface area contributed by atoms with Gasteiger partial charge in [0.2, 0.25) is 0 Å². The number of nitrogens with one attached hydrogen (secondary N) is 2. The molecule has 0 radical (unpaired) electrons. The van der Waals surface area contributed by atoms with Gasteiger partial charge in [-0.05, 0) is 12.1 Å². The average Bonchev–Trinajstić information content (AvgIpc) is 2.46. The number of amides is 1. The molecule has 1 rings (SSSR count). The number of hydrogen-bond acceptors (Lipinski definition) is 5. The van der Waals surface area contributed by atoms with Crippen molar-refractivity contribution in [1.82, 2.24) is 5.32 Å². The van der Waals surface area contributed by atoms with Gasteiger partial charge in [0, 0.05) is 30.4 Å². The average molecular weight is 329 g/mol. The topological polar surface area (TPSA) is 108 Å². The summed E-state index contributed by atoms with van der Waals surface area (Å²) >= 11 is 11.1. The van der Waals surface area contributed by atoms with Crippen LogP contribution in [0.4, 0.5) is 11.4 Å². The van der Waals surface area contributed by atoms with Crippen LogP contribution >= 0.6 is 23.2 Å². The van der Waals surface area contributed by atoms with Gasteiger partial charge in [-0.2, -0.15) is 5.26 Å². The maximum absolute atomic E-state index is 11.6. The zero-order valence-corrected chi connectivity index (χ0v) is 12.1. The van der Waals surface area contributed by atoms with E-state index in [-0.39, 0.29) is 28.7 Å². The fraction of sp³-hybridized carbons (Fsp3) is 0.167. The van der Waals surface area contributed by atoms with Crippen molar-refractivity contribution in [2.24, 2.45) is 0 Å². The second-order valence-corrected chi connectivity index (χ2v) is 4.47. The largest absolute Gasteiger partial charge is 0.360 e. The Labute approximate surface area is 130 Å². The molecular weight excluding hydrogens is 319 g/mol. The number of carbonyl (C=O) groups excluding carboxylic acids is 1. The van der Waals surface area contributed by atoms with Gasteiger partial charge in [0.1, 0.15) is 16.7 Å². The number of halogens is 2. The normalized spacial score (nSPS) is 10.6. The fourth-order valence-corrected chi connectivity index (χ4v) is 1.58. The SMILES string of the molecule is N#C/C(=C/Nc1ccc(Cl)c([N+](=O)[O-])c1)C(=O)NCCCl. The quantitative estimate of drug-likeness (QED) is 0.274. The Hall–Kier alpha value is -2.30. The molecule has 0 aliphatic carbocycles. The zero-order chi connectivity index (χ0) is 15.8. The molecule has 1 aromatic rings. The lowest BCUT2D eigenvalue weighted by Crippen LogP contribution is -2.26. The van der Waals surface area contributed by atoms with Crippen molar-refractivity contribution in [3.8, 4) is 6.07 Å². The first kappa shape index (κ1) is 16.8. The third-order valence-electron chi connectivity index (χ3n) is 2.27. The predicted octanol–water partition coefficient (Wildman–Crippen LogP) is 2.42. The third-order valence-corrected chi connectivity index (χ3v) is 2.78. The van der Waals surface area contributed by atoms with Crippen LogP contribution in [0.25, 0.3) is 0 Å². The Kier molecular flexibility index (Phi) is 6.46. The first-order valence-corrected chi connectivity index (χ1v) is 6.55. The monoisotopic (exact) mass is 328 g/mol. The summed E-state index contributed by atoms with van der Waals surface area (Å²) < 4.78 is 0. The van der Waals surface area contributed by atoms with Crippen LogP contribution in [0.1, 0.15) is 0 Å². The maximum atomic E-state index is 11.6. The molecule has 0 saturated carbocycles. The molecule has 0 aromatic heterocycles. The van der Waals surface area contributed by atoms with Crippen LogP contribution in [-0.2, 0) is 4.79 Å². The third kappa shape index (κ3) is 4.95. The van der Waals surface area contributed by atoms with Gasteiger partial charge in [0.15, 0.2) is 0 Å². The van der Waals surface area contributed by atoms with E-state index in [1.54, 1.807) is 6.07 Å². The molecule has 0 heterocycles. The minimum atomic E-state index is -0.629. The van der Waals surface area contributed by atoms with Crippen molar-refractivity contribution in [2.75, 3.05) is 17.7 Å². The van der Waals surface area contributed by atoms with Crippen LogP contribution in [0, 0.1) is 21.4 Å². The molecule has 0 aliphatic heterocycles. The molecule has 21 heavy (non-hydrogen) atoms. The summed E-state index contributed by atoms with van der Waals surface area (Å²) in [5.74, 6) is -0.365. The van der Waals surface area contributed by atoms with E-state index in [1.165, 1.54) is 18.2 Å². The van der Waals surface area contributed by atoms with E-state index in [4.69, 9.17) is 28.5 Å². The maximum Gasteiger partial charge on any atom is 0.289 e. The first-order chi connectivity index (χ1) is 9.99. The predicted molar refractivity (Wildman–Crippen MR) is 79.2 cm³/mol. The van der Waals surface area contributed by atoms with Crippen LogP contribution in [0.2, 0.25) is 5.02 Å². The second kappa shape index (κ2) is 8.09. The lowest BCUT2D eigenvalue weighted by Gasteiger charge is -2.04. The number of rotatable bonds is 6. The highest BCUT2D eigenvalue weighted by Crippen LogP contribution is 2.27. The highest BCUT2D eigenvalue weighted by molar-refractivity contribution is 6.32. The Morgan fingerprint density at radius 3 is 2.81 bits per heavy atom.